The van der Waals surface area contributed by atoms with E-state index in [4.69, 9.17) is 0 Å². The third-order valence-electron chi connectivity index (χ3n) is 1.99. The molecular formula is C10H15N. The largest absolute Gasteiger partial charge is 0.359 e. The smallest absolute Gasteiger partial charge is 0.0367 e. The monoisotopic (exact) mass is 149 g/mol. The van der Waals surface area contributed by atoms with Crippen molar-refractivity contribution in [3.63, 3.8) is 0 Å². The summed E-state index contributed by atoms with van der Waals surface area (Å²) in [4.78, 5) is 0. The molecule has 0 radical (unpaired) electrons. The van der Waals surface area contributed by atoms with Crippen molar-refractivity contribution >= 4 is 0 Å². The van der Waals surface area contributed by atoms with Crippen molar-refractivity contribution in [3.8, 4) is 0 Å². The van der Waals surface area contributed by atoms with E-state index in [1.165, 1.54) is 11.3 Å². The van der Waals surface area contributed by atoms with Gasteiger partial charge in [0.1, 0.15) is 0 Å². The first kappa shape index (κ1) is 8.12. The Morgan fingerprint density at radius 2 is 2.00 bits per heavy atom. The van der Waals surface area contributed by atoms with E-state index in [1.54, 1.807) is 0 Å². The summed E-state index contributed by atoms with van der Waals surface area (Å²) in [7, 11) is 0. The van der Waals surface area contributed by atoms with E-state index in [1.807, 2.05) is 6.92 Å². The molecule has 0 aliphatic carbocycles. The molecule has 0 aromatic carbocycles. The summed E-state index contributed by atoms with van der Waals surface area (Å²) in [6, 6.07) is 0. The minimum atomic E-state index is 1.07. The van der Waals surface area contributed by atoms with Crippen molar-refractivity contribution in [1.29, 1.82) is 0 Å². The van der Waals surface area contributed by atoms with E-state index in [2.05, 4.69) is 31.0 Å². The molecular weight excluding hydrogens is 134 g/mol. The van der Waals surface area contributed by atoms with Crippen LogP contribution in [0.2, 0.25) is 0 Å². The SMILES string of the molecule is C=C1CCC(=C/C)/C(=C\C)N1. The van der Waals surface area contributed by atoms with Crippen LogP contribution in [0.25, 0.3) is 0 Å². The molecule has 0 aromatic rings. The molecule has 1 aliphatic rings. The zero-order valence-corrected chi connectivity index (χ0v) is 7.28. The quantitative estimate of drug-likeness (QED) is 0.558. The first-order valence-electron chi connectivity index (χ1n) is 4.04. The van der Waals surface area contributed by atoms with Crippen LogP contribution in [0.1, 0.15) is 26.7 Å². The molecule has 1 saturated heterocycles. The standard InChI is InChI=1S/C10H15N/c1-4-9-7-6-8(3)11-10(9)5-2/h4-5,11H,3,6-7H2,1-2H3/b9-4-,10-5+. The van der Waals surface area contributed by atoms with Crippen LogP contribution in [0.15, 0.2) is 35.7 Å². The number of piperidine rings is 1. The Morgan fingerprint density at radius 1 is 1.27 bits per heavy atom. The molecule has 1 heterocycles. The topological polar surface area (TPSA) is 12.0 Å². The number of allylic oxidation sites excluding steroid dienone is 4. The van der Waals surface area contributed by atoms with Crippen LogP contribution in [-0.4, -0.2) is 0 Å². The fraction of sp³-hybridized carbons (Fsp3) is 0.400. The van der Waals surface area contributed by atoms with Crippen molar-refractivity contribution in [2.45, 2.75) is 26.7 Å². The Kier molecular flexibility index (Phi) is 2.53. The molecule has 1 N–H and O–H groups in total. The molecule has 1 fully saturated rings. The fourth-order valence-electron chi connectivity index (χ4n) is 1.31. The summed E-state index contributed by atoms with van der Waals surface area (Å²) < 4.78 is 0. The van der Waals surface area contributed by atoms with Gasteiger partial charge in [-0.3, -0.25) is 0 Å². The predicted molar refractivity (Wildman–Crippen MR) is 49.0 cm³/mol. The summed E-state index contributed by atoms with van der Waals surface area (Å²) in [6.45, 7) is 8.03. The van der Waals surface area contributed by atoms with Crippen LogP contribution in [-0.2, 0) is 0 Å². The summed E-state index contributed by atoms with van der Waals surface area (Å²) >= 11 is 0. The highest BCUT2D eigenvalue weighted by molar-refractivity contribution is 5.34. The number of hydrogen-bond donors (Lipinski definition) is 1. The maximum atomic E-state index is 3.90. The van der Waals surface area contributed by atoms with E-state index in [-0.39, 0.29) is 0 Å². The van der Waals surface area contributed by atoms with Gasteiger partial charge in [0.15, 0.2) is 0 Å². The minimum absolute atomic E-state index is 1.07. The molecule has 1 rings (SSSR count). The van der Waals surface area contributed by atoms with Crippen LogP contribution in [0.5, 0.6) is 0 Å². The van der Waals surface area contributed by atoms with Crippen LogP contribution in [0.3, 0.4) is 0 Å². The Balaban J connectivity index is 2.79. The van der Waals surface area contributed by atoms with E-state index in [0.29, 0.717) is 0 Å². The van der Waals surface area contributed by atoms with Crippen molar-refractivity contribution in [2.75, 3.05) is 0 Å². The summed E-state index contributed by atoms with van der Waals surface area (Å²) in [5.41, 5.74) is 3.76. The van der Waals surface area contributed by atoms with E-state index in [0.717, 1.165) is 18.5 Å². The van der Waals surface area contributed by atoms with Gasteiger partial charge >= 0.3 is 0 Å². The molecule has 1 nitrogen and oxygen atoms in total. The highest BCUT2D eigenvalue weighted by atomic mass is 14.9. The summed E-state index contributed by atoms with van der Waals surface area (Å²) in [5.74, 6) is 0. The maximum Gasteiger partial charge on any atom is 0.0367 e. The minimum Gasteiger partial charge on any atom is -0.359 e. The molecule has 0 unspecified atom stereocenters. The second kappa shape index (κ2) is 3.42. The van der Waals surface area contributed by atoms with Gasteiger partial charge in [0.2, 0.25) is 0 Å². The Bertz CT molecular complexity index is 221. The van der Waals surface area contributed by atoms with E-state index >= 15 is 0 Å². The molecule has 1 heteroatoms. The molecule has 11 heavy (non-hydrogen) atoms. The van der Waals surface area contributed by atoms with Crippen LogP contribution in [0.4, 0.5) is 0 Å². The predicted octanol–water partition coefficient (Wildman–Crippen LogP) is 2.73. The lowest BCUT2D eigenvalue weighted by Crippen LogP contribution is -2.18. The number of rotatable bonds is 0. The van der Waals surface area contributed by atoms with Crippen LogP contribution in [0, 0.1) is 0 Å². The Labute approximate surface area is 68.5 Å². The molecule has 0 spiro atoms. The van der Waals surface area contributed by atoms with Crippen LogP contribution >= 0.6 is 0 Å². The Morgan fingerprint density at radius 3 is 2.55 bits per heavy atom. The average molecular weight is 149 g/mol. The fourth-order valence-corrected chi connectivity index (χ4v) is 1.31. The molecule has 0 atom stereocenters. The second-order valence-electron chi connectivity index (χ2n) is 2.74. The molecule has 1 aliphatic heterocycles. The van der Waals surface area contributed by atoms with Crippen molar-refractivity contribution < 1.29 is 0 Å². The van der Waals surface area contributed by atoms with E-state index < -0.39 is 0 Å². The van der Waals surface area contributed by atoms with Crippen molar-refractivity contribution in [3.05, 3.63) is 35.7 Å². The van der Waals surface area contributed by atoms with E-state index in [9.17, 15) is 0 Å². The molecule has 0 aromatic heterocycles. The summed E-state index contributed by atoms with van der Waals surface area (Å²) in [5, 5.41) is 3.27. The molecule has 60 valence electrons. The number of nitrogens with one attached hydrogen (secondary N) is 1. The highest BCUT2D eigenvalue weighted by Crippen LogP contribution is 2.22. The third kappa shape index (κ3) is 1.73. The second-order valence-corrected chi connectivity index (χ2v) is 2.74. The summed E-state index contributed by atoms with van der Waals surface area (Å²) in [6.07, 6.45) is 6.45. The molecule has 0 amide bonds. The van der Waals surface area contributed by atoms with Crippen LogP contribution < -0.4 is 5.32 Å². The normalized spacial score (nSPS) is 25.8. The van der Waals surface area contributed by atoms with Gasteiger partial charge in [0, 0.05) is 11.4 Å². The molecule has 0 bridgehead atoms. The average Bonchev–Trinajstić information content (AvgIpc) is 2.04. The van der Waals surface area contributed by atoms with Gasteiger partial charge in [-0.25, -0.2) is 0 Å². The first-order valence-corrected chi connectivity index (χ1v) is 4.04. The highest BCUT2D eigenvalue weighted by Gasteiger charge is 2.10. The number of hydrogen-bond acceptors (Lipinski definition) is 1. The van der Waals surface area contributed by atoms with Gasteiger partial charge in [-0.05, 0) is 32.3 Å². The zero-order valence-electron chi connectivity index (χ0n) is 7.28. The lowest BCUT2D eigenvalue weighted by Gasteiger charge is -2.21. The maximum absolute atomic E-state index is 3.90. The van der Waals surface area contributed by atoms with Crippen molar-refractivity contribution in [2.24, 2.45) is 0 Å². The van der Waals surface area contributed by atoms with Gasteiger partial charge in [0.25, 0.3) is 0 Å². The van der Waals surface area contributed by atoms with Gasteiger partial charge in [0.05, 0.1) is 0 Å². The van der Waals surface area contributed by atoms with Gasteiger partial charge in [-0.1, -0.05) is 18.7 Å². The zero-order chi connectivity index (χ0) is 8.27. The van der Waals surface area contributed by atoms with Gasteiger partial charge < -0.3 is 5.32 Å². The van der Waals surface area contributed by atoms with Gasteiger partial charge in [-0.15, -0.1) is 0 Å². The Hall–Kier alpha value is -0.980. The lowest BCUT2D eigenvalue weighted by molar-refractivity contribution is 0.767. The first-order chi connectivity index (χ1) is 5.27. The van der Waals surface area contributed by atoms with Crippen molar-refractivity contribution in [1.82, 2.24) is 5.32 Å². The van der Waals surface area contributed by atoms with Gasteiger partial charge in [-0.2, -0.15) is 0 Å². The molecule has 0 saturated carbocycles. The third-order valence-corrected chi connectivity index (χ3v) is 1.99. The lowest BCUT2D eigenvalue weighted by atomic mass is 10.0.